The van der Waals surface area contributed by atoms with E-state index in [-0.39, 0.29) is 10.5 Å². The van der Waals surface area contributed by atoms with Crippen LogP contribution >= 0.6 is 0 Å². The largest absolute Gasteiger partial charge is 0.268 e. The fourth-order valence-corrected chi connectivity index (χ4v) is 6.65. The minimum atomic E-state index is -3.83. The molecule has 1 atom stereocenters. The van der Waals surface area contributed by atoms with Crippen molar-refractivity contribution in [3.05, 3.63) is 125 Å². The van der Waals surface area contributed by atoms with Gasteiger partial charge in [-0.2, -0.15) is 4.31 Å². The van der Waals surface area contributed by atoms with Gasteiger partial charge in [-0.05, 0) is 67.8 Å². The Hall–Kier alpha value is -4.07. The van der Waals surface area contributed by atoms with Crippen molar-refractivity contribution in [3.63, 3.8) is 0 Å². The highest BCUT2D eigenvalue weighted by molar-refractivity contribution is 7.89. The number of nitrogens with zero attached hydrogens (tertiary/aromatic N) is 3. The number of fused-ring (bicyclic) bond motifs is 1. The Morgan fingerprint density at radius 3 is 2.02 bits per heavy atom. The third-order valence-electron chi connectivity index (χ3n) is 7.39. The van der Waals surface area contributed by atoms with Gasteiger partial charge in [-0.15, -0.1) is 0 Å². The first kappa shape index (κ1) is 27.5. The summed E-state index contributed by atoms with van der Waals surface area (Å²) < 4.78 is 30.6. The van der Waals surface area contributed by atoms with Crippen molar-refractivity contribution in [2.45, 2.75) is 44.0 Å². The molecule has 0 saturated carbocycles. The first-order valence-corrected chi connectivity index (χ1v) is 14.7. The van der Waals surface area contributed by atoms with Gasteiger partial charge in [0.25, 0.3) is 5.56 Å². The molecular weight excluding hydrogens is 518 g/mol. The van der Waals surface area contributed by atoms with Gasteiger partial charge in [-0.1, -0.05) is 79.7 Å². The van der Waals surface area contributed by atoms with E-state index in [0.717, 1.165) is 11.1 Å². The maximum Gasteiger partial charge on any atom is 0.265 e. The van der Waals surface area contributed by atoms with Crippen LogP contribution in [0.4, 0.5) is 0 Å². The molecule has 4 aromatic carbocycles. The minimum Gasteiger partial charge on any atom is -0.268 e. The lowest BCUT2D eigenvalue weighted by molar-refractivity contribution is 0.291. The molecule has 1 heterocycles. The number of hydrogen-bond donors (Lipinski definition) is 0. The zero-order valence-electron chi connectivity index (χ0n) is 23.4. The van der Waals surface area contributed by atoms with E-state index in [9.17, 15) is 13.2 Å². The van der Waals surface area contributed by atoms with Crippen LogP contribution in [0.15, 0.2) is 113 Å². The predicted molar refractivity (Wildman–Crippen MR) is 161 cm³/mol. The second-order valence-electron chi connectivity index (χ2n) is 10.9. The molecule has 0 aliphatic heterocycles. The van der Waals surface area contributed by atoms with E-state index in [1.54, 1.807) is 35.9 Å². The third-order valence-corrected chi connectivity index (χ3v) is 9.59. The topological polar surface area (TPSA) is 72.3 Å². The number of para-hydroxylation sites is 1. The average molecular weight is 552 g/mol. The van der Waals surface area contributed by atoms with Crippen molar-refractivity contribution in [2.75, 3.05) is 7.05 Å². The molecule has 0 bridgehead atoms. The van der Waals surface area contributed by atoms with Gasteiger partial charge in [-0.3, -0.25) is 9.36 Å². The highest BCUT2D eigenvalue weighted by atomic mass is 32.2. The van der Waals surface area contributed by atoms with E-state index < -0.39 is 21.5 Å². The van der Waals surface area contributed by atoms with E-state index in [4.69, 9.17) is 4.98 Å². The summed E-state index contributed by atoms with van der Waals surface area (Å²) >= 11 is 0. The molecule has 1 unspecified atom stereocenters. The summed E-state index contributed by atoms with van der Waals surface area (Å²) in [6.07, 6.45) is 0. The van der Waals surface area contributed by atoms with Crippen LogP contribution in [-0.2, 0) is 10.0 Å². The monoisotopic (exact) mass is 551 g/mol. The molecule has 204 valence electrons. The van der Waals surface area contributed by atoms with Crippen LogP contribution in [0.1, 0.15) is 45.0 Å². The summed E-state index contributed by atoms with van der Waals surface area (Å²) in [5.41, 5.74) is 3.10. The molecule has 0 saturated heterocycles. The van der Waals surface area contributed by atoms with Crippen molar-refractivity contribution in [1.29, 1.82) is 0 Å². The third kappa shape index (κ3) is 4.98. The van der Waals surface area contributed by atoms with Crippen LogP contribution < -0.4 is 5.56 Å². The second-order valence-corrected chi connectivity index (χ2v) is 12.9. The molecular formula is C33H33N3O3S. The Balaban J connectivity index is 1.71. The van der Waals surface area contributed by atoms with Gasteiger partial charge in [0.2, 0.25) is 10.0 Å². The number of rotatable bonds is 6. The molecule has 5 aromatic rings. The highest BCUT2D eigenvalue weighted by Crippen LogP contribution is 2.33. The number of aromatic nitrogens is 2. The van der Waals surface area contributed by atoms with E-state index >= 15 is 0 Å². The van der Waals surface area contributed by atoms with Gasteiger partial charge in [0.15, 0.2) is 0 Å². The van der Waals surface area contributed by atoms with E-state index in [2.05, 4.69) is 0 Å². The Bertz CT molecular complexity index is 1840. The average Bonchev–Trinajstić information content (AvgIpc) is 2.96. The predicted octanol–water partition coefficient (Wildman–Crippen LogP) is 6.62. The summed E-state index contributed by atoms with van der Waals surface area (Å²) in [6.45, 7) is 7.48. The van der Waals surface area contributed by atoms with Crippen LogP contribution in [0.5, 0.6) is 0 Å². The van der Waals surface area contributed by atoms with Gasteiger partial charge in [0, 0.05) is 18.5 Å². The Kier molecular flexibility index (Phi) is 7.21. The van der Waals surface area contributed by atoms with Crippen LogP contribution in [0.2, 0.25) is 0 Å². The molecule has 5 rings (SSSR count). The van der Waals surface area contributed by atoms with E-state index in [1.165, 1.54) is 4.31 Å². The summed E-state index contributed by atoms with van der Waals surface area (Å²) in [5, 5.41) is 0.499. The molecule has 7 heteroatoms. The van der Waals surface area contributed by atoms with Crippen molar-refractivity contribution in [2.24, 2.45) is 0 Å². The molecule has 0 N–H and O–H groups in total. The molecule has 0 radical (unpaired) electrons. The molecule has 0 aliphatic carbocycles. The van der Waals surface area contributed by atoms with Gasteiger partial charge in [0.1, 0.15) is 5.82 Å². The number of hydrogen-bond acceptors (Lipinski definition) is 4. The Labute approximate surface area is 235 Å². The molecule has 0 aliphatic rings. The molecule has 0 spiro atoms. The fraction of sp³-hybridized carbons (Fsp3) is 0.212. The van der Waals surface area contributed by atoms with Crippen molar-refractivity contribution >= 4 is 20.9 Å². The van der Waals surface area contributed by atoms with E-state index in [1.807, 2.05) is 107 Å². The van der Waals surface area contributed by atoms with Gasteiger partial charge >= 0.3 is 0 Å². The van der Waals surface area contributed by atoms with Crippen molar-refractivity contribution < 1.29 is 8.42 Å². The maximum atomic E-state index is 14.0. The lowest BCUT2D eigenvalue weighted by Crippen LogP contribution is -2.42. The van der Waals surface area contributed by atoms with Crippen molar-refractivity contribution in [1.82, 2.24) is 13.9 Å². The van der Waals surface area contributed by atoms with Crippen LogP contribution in [0.3, 0.4) is 0 Å². The van der Waals surface area contributed by atoms with Gasteiger partial charge in [-0.25, -0.2) is 13.4 Å². The van der Waals surface area contributed by atoms with Crippen LogP contribution in [0.25, 0.3) is 27.7 Å². The van der Waals surface area contributed by atoms with Crippen molar-refractivity contribution in [3.8, 4) is 16.8 Å². The molecule has 0 fully saturated rings. The molecule has 1 aromatic heterocycles. The first-order chi connectivity index (χ1) is 19.0. The van der Waals surface area contributed by atoms with Gasteiger partial charge < -0.3 is 0 Å². The zero-order chi connectivity index (χ0) is 28.7. The fourth-order valence-electron chi connectivity index (χ4n) is 4.84. The summed E-state index contributed by atoms with van der Waals surface area (Å²) in [4.78, 5) is 19.1. The normalized spacial score (nSPS) is 13.1. The lowest BCUT2D eigenvalue weighted by Gasteiger charge is -2.32. The number of sulfonamides is 1. The van der Waals surface area contributed by atoms with Gasteiger partial charge in [0.05, 0.1) is 21.5 Å². The summed E-state index contributed by atoms with van der Waals surface area (Å²) in [6, 6.07) is 32.0. The first-order valence-electron chi connectivity index (χ1n) is 13.3. The molecule has 40 heavy (non-hydrogen) atoms. The molecule has 6 nitrogen and oxygen atoms in total. The summed E-state index contributed by atoms with van der Waals surface area (Å²) in [5.74, 6) is -0.0392. The quantitative estimate of drug-likeness (QED) is 0.238. The zero-order valence-corrected chi connectivity index (χ0v) is 24.2. The van der Waals surface area contributed by atoms with Crippen LogP contribution in [-0.4, -0.2) is 34.9 Å². The smallest absolute Gasteiger partial charge is 0.265 e. The second kappa shape index (κ2) is 10.5. The standard InChI is InChI=1S/C33H33N3O3S/c1-23(27-15-10-12-18-30(27)40(38,39)35(5)33(2,3)4)31-34-29-17-11-9-16-28(29)32(37)36(31)26-21-19-25(20-22-26)24-13-7-6-8-14-24/h6-23H,1-5H3. The van der Waals surface area contributed by atoms with E-state index in [0.29, 0.717) is 28.0 Å². The van der Waals surface area contributed by atoms with Crippen LogP contribution in [0, 0.1) is 0 Å². The minimum absolute atomic E-state index is 0.202. The Morgan fingerprint density at radius 1 is 0.775 bits per heavy atom. The molecule has 0 amide bonds. The SMILES string of the molecule is CC(c1ccccc1S(=O)(=O)N(C)C(C)(C)C)c1nc2ccccc2c(=O)n1-c1ccc(-c2ccccc2)cc1. The highest BCUT2D eigenvalue weighted by Gasteiger charge is 2.33. The maximum absolute atomic E-state index is 14.0. The number of benzene rings is 4. The summed E-state index contributed by atoms with van der Waals surface area (Å²) in [7, 11) is -2.24. The Morgan fingerprint density at radius 2 is 1.35 bits per heavy atom. The lowest BCUT2D eigenvalue weighted by atomic mass is 9.99.